The van der Waals surface area contributed by atoms with Gasteiger partial charge in [-0.05, 0) is 44.2 Å². The number of nitrogens with zero attached hydrogens (tertiary/aromatic N) is 3. The van der Waals surface area contributed by atoms with Crippen LogP contribution in [0.3, 0.4) is 0 Å². The van der Waals surface area contributed by atoms with E-state index in [0.717, 1.165) is 56.4 Å². The molecule has 2 aliphatic heterocycles. The van der Waals surface area contributed by atoms with Crippen molar-refractivity contribution in [3.05, 3.63) is 17.8 Å². The molecule has 0 aliphatic carbocycles. The van der Waals surface area contributed by atoms with Gasteiger partial charge in [0.2, 0.25) is 0 Å². The summed E-state index contributed by atoms with van der Waals surface area (Å²) < 4.78 is 37.9. The van der Waals surface area contributed by atoms with Crippen molar-refractivity contribution < 1.29 is 27.8 Å². The molecule has 3 heterocycles. The normalized spacial score (nSPS) is 21.7. The second-order valence-corrected chi connectivity index (χ2v) is 8.10. The largest absolute Gasteiger partial charge is 0.490 e. The highest BCUT2D eigenvalue weighted by molar-refractivity contribution is 5.73. The van der Waals surface area contributed by atoms with Crippen LogP contribution in [0.15, 0.2) is 12.1 Å². The molecule has 1 aromatic heterocycles. The van der Waals surface area contributed by atoms with Gasteiger partial charge in [0.05, 0.1) is 23.9 Å². The van der Waals surface area contributed by atoms with Crippen molar-refractivity contribution >= 4 is 11.8 Å². The van der Waals surface area contributed by atoms with Crippen LogP contribution in [0.1, 0.15) is 38.8 Å². The quantitative estimate of drug-likeness (QED) is 0.777. The molecular weight excluding hydrogens is 389 g/mol. The van der Waals surface area contributed by atoms with Crippen molar-refractivity contribution in [2.45, 2.75) is 57.9 Å². The number of anilines is 1. The van der Waals surface area contributed by atoms with Gasteiger partial charge in [0.15, 0.2) is 0 Å². The molecule has 1 aromatic rings. The Morgan fingerprint density at radius 1 is 1.34 bits per heavy atom. The second kappa shape index (κ2) is 9.71. The lowest BCUT2D eigenvalue weighted by molar-refractivity contribution is -0.192. The van der Waals surface area contributed by atoms with Crippen molar-refractivity contribution in [3.8, 4) is 0 Å². The average Bonchev–Trinajstić information content (AvgIpc) is 3.01. The molecular formula is C19H29F3N4O3. The molecule has 0 saturated carbocycles. The summed E-state index contributed by atoms with van der Waals surface area (Å²) in [7, 11) is 0. The summed E-state index contributed by atoms with van der Waals surface area (Å²) in [5, 5.41) is 18.9. The minimum atomic E-state index is -5.08. The molecule has 164 valence electrons. The van der Waals surface area contributed by atoms with E-state index in [0.29, 0.717) is 6.04 Å². The molecule has 2 aliphatic rings. The standard InChI is InChI=1S/C17H28N4O.C2HF3O2/c1-13(2)11-21-8-6-17(7-9-21)10-15(12-22-17)18-16-5-4-14(3)19-20-16;3-2(4,5)1(6)7/h4-5,13,15H,6-12H2,1-3H3,(H,18,20);(H,6,7). The number of halogens is 3. The van der Waals surface area contributed by atoms with Gasteiger partial charge in [-0.2, -0.15) is 18.3 Å². The number of rotatable bonds is 4. The highest BCUT2D eigenvalue weighted by Gasteiger charge is 2.42. The third kappa shape index (κ3) is 7.43. The van der Waals surface area contributed by atoms with Crippen LogP contribution in [0.2, 0.25) is 0 Å². The second-order valence-electron chi connectivity index (χ2n) is 8.10. The van der Waals surface area contributed by atoms with Crippen LogP contribution in [-0.4, -0.2) is 70.2 Å². The number of alkyl halides is 3. The van der Waals surface area contributed by atoms with E-state index in [-0.39, 0.29) is 5.60 Å². The number of ether oxygens (including phenoxy) is 1. The van der Waals surface area contributed by atoms with E-state index in [2.05, 4.69) is 34.3 Å². The number of aromatic nitrogens is 2. The Morgan fingerprint density at radius 2 is 1.97 bits per heavy atom. The van der Waals surface area contributed by atoms with E-state index in [4.69, 9.17) is 14.6 Å². The molecule has 2 N–H and O–H groups in total. The van der Waals surface area contributed by atoms with Crippen LogP contribution in [0, 0.1) is 12.8 Å². The molecule has 3 rings (SSSR count). The number of carboxylic acid groups (broad SMARTS) is 1. The van der Waals surface area contributed by atoms with Gasteiger partial charge in [-0.3, -0.25) is 0 Å². The Hall–Kier alpha value is -1.94. The summed E-state index contributed by atoms with van der Waals surface area (Å²) in [4.78, 5) is 11.5. The van der Waals surface area contributed by atoms with Gasteiger partial charge in [0.1, 0.15) is 5.82 Å². The summed E-state index contributed by atoms with van der Waals surface area (Å²) >= 11 is 0. The Balaban J connectivity index is 0.000000370. The minimum Gasteiger partial charge on any atom is -0.475 e. The van der Waals surface area contributed by atoms with Gasteiger partial charge in [0, 0.05) is 19.6 Å². The fourth-order valence-corrected chi connectivity index (χ4v) is 3.63. The van der Waals surface area contributed by atoms with Crippen LogP contribution < -0.4 is 5.32 Å². The molecule has 0 radical (unpaired) electrons. The smallest absolute Gasteiger partial charge is 0.475 e. The van der Waals surface area contributed by atoms with E-state index in [1.165, 1.54) is 6.54 Å². The van der Waals surface area contributed by atoms with Crippen molar-refractivity contribution in [1.29, 1.82) is 0 Å². The first-order valence-corrected chi connectivity index (χ1v) is 9.72. The van der Waals surface area contributed by atoms with E-state index < -0.39 is 12.1 Å². The lowest BCUT2D eigenvalue weighted by atomic mass is 9.87. The van der Waals surface area contributed by atoms with E-state index in [1.807, 2.05) is 19.1 Å². The minimum absolute atomic E-state index is 0.0866. The van der Waals surface area contributed by atoms with E-state index >= 15 is 0 Å². The number of aliphatic carboxylic acids is 1. The average molecular weight is 418 g/mol. The number of carboxylic acids is 1. The number of piperidine rings is 1. The molecule has 7 nitrogen and oxygen atoms in total. The Bertz CT molecular complexity index is 660. The summed E-state index contributed by atoms with van der Waals surface area (Å²) in [5.74, 6) is -1.16. The maximum absolute atomic E-state index is 10.6. The van der Waals surface area contributed by atoms with Gasteiger partial charge in [-0.15, -0.1) is 5.10 Å². The number of nitrogens with one attached hydrogen (secondary N) is 1. The fourth-order valence-electron chi connectivity index (χ4n) is 3.63. The monoisotopic (exact) mass is 418 g/mol. The highest BCUT2D eigenvalue weighted by Crippen LogP contribution is 2.36. The third-order valence-electron chi connectivity index (χ3n) is 4.99. The topological polar surface area (TPSA) is 87.6 Å². The summed E-state index contributed by atoms with van der Waals surface area (Å²) in [5.41, 5.74) is 1.03. The Kier molecular flexibility index (Phi) is 7.81. The van der Waals surface area contributed by atoms with Crippen molar-refractivity contribution in [2.24, 2.45) is 5.92 Å². The van der Waals surface area contributed by atoms with Gasteiger partial charge in [-0.25, -0.2) is 4.79 Å². The van der Waals surface area contributed by atoms with Crippen LogP contribution in [0.25, 0.3) is 0 Å². The van der Waals surface area contributed by atoms with Crippen LogP contribution in [0.4, 0.5) is 19.0 Å². The van der Waals surface area contributed by atoms with Crippen molar-refractivity contribution in [3.63, 3.8) is 0 Å². The highest BCUT2D eigenvalue weighted by atomic mass is 19.4. The number of aryl methyl sites for hydroxylation is 1. The summed E-state index contributed by atoms with van der Waals surface area (Å²) in [6, 6.07) is 4.35. The molecule has 2 fully saturated rings. The number of likely N-dealkylation sites (tertiary alicyclic amines) is 1. The summed E-state index contributed by atoms with van der Waals surface area (Å²) in [6.45, 7) is 10.8. The fraction of sp³-hybridized carbons (Fsp3) is 0.737. The maximum atomic E-state index is 10.6. The maximum Gasteiger partial charge on any atom is 0.490 e. The molecule has 2 saturated heterocycles. The lowest BCUT2D eigenvalue weighted by Gasteiger charge is -2.39. The van der Waals surface area contributed by atoms with Crippen molar-refractivity contribution in [1.82, 2.24) is 15.1 Å². The summed E-state index contributed by atoms with van der Waals surface area (Å²) in [6.07, 6.45) is -1.70. The first-order valence-electron chi connectivity index (χ1n) is 9.72. The van der Waals surface area contributed by atoms with Gasteiger partial charge >= 0.3 is 12.1 Å². The first-order chi connectivity index (χ1) is 13.5. The van der Waals surface area contributed by atoms with Crippen LogP contribution in [-0.2, 0) is 9.53 Å². The molecule has 0 aromatic carbocycles. The molecule has 0 bridgehead atoms. The van der Waals surface area contributed by atoms with Crippen LogP contribution in [0.5, 0.6) is 0 Å². The Morgan fingerprint density at radius 3 is 2.45 bits per heavy atom. The van der Waals surface area contributed by atoms with Gasteiger partial charge in [0.25, 0.3) is 0 Å². The first kappa shape index (κ1) is 23.3. The number of hydrogen-bond acceptors (Lipinski definition) is 6. The molecule has 1 atom stereocenters. The lowest BCUT2D eigenvalue weighted by Crippen LogP contribution is -2.45. The molecule has 1 spiro atoms. The van der Waals surface area contributed by atoms with Gasteiger partial charge in [-0.1, -0.05) is 13.8 Å². The Labute approximate surface area is 168 Å². The van der Waals surface area contributed by atoms with E-state index in [1.54, 1.807) is 0 Å². The van der Waals surface area contributed by atoms with Gasteiger partial charge < -0.3 is 20.1 Å². The molecule has 0 amide bonds. The molecule has 1 unspecified atom stereocenters. The number of carbonyl (C=O) groups is 1. The van der Waals surface area contributed by atoms with Crippen LogP contribution >= 0.6 is 0 Å². The number of hydrogen-bond donors (Lipinski definition) is 2. The zero-order valence-electron chi connectivity index (χ0n) is 17.0. The predicted octanol–water partition coefficient (Wildman–Crippen LogP) is 3.11. The zero-order chi connectivity index (χ0) is 21.7. The molecule has 29 heavy (non-hydrogen) atoms. The van der Waals surface area contributed by atoms with Crippen molar-refractivity contribution in [2.75, 3.05) is 31.6 Å². The zero-order valence-corrected chi connectivity index (χ0v) is 17.0. The SMILES string of the molecule is Cc1ccc(NC2COC3(CCN(CC(C)C)CC3)C2)nn1.O=C(O)C(F)(F)F. The predicted molar refractivity (Wildman–Crippen MR) is 102 cm³/mol. The third-order valence-corrected chi connectivity index (χ3v) is 4.99. The molecule has 10 heteroatoms. The van der Waals surface area contributed by atoms with E-state index in [9.17, 15) is 13.2 Å².